The lowest BCUT2D eigenvalue weighted by molar-refractivity contribution is -0.143. The summed E-state index contributed by atoms with van der Waals surface area (Å²) in [6, 6.07) is 10.4. The molecule has 0 spiro atoms. The second-order valence-corrected chi connectivity index (χ2v) is 10.6. The molecule has 0 bridgehead atoms. The predicted octanol–water partition coefficient (Wildman–Crippen LogP) is 5.56. The van der Waals surface area contributed by atoms with Crippen LogP contribution in [-0.2, 0) is 27.5 Å². The maximum absolute atomic E-state index is 13.4. The van der Waals surface area contributed by atoms with Crippen LogP contribution in [-0.4, -0.2) is 54.3 Å². The molecule has 2 aromatic carbocycles. The molecule has 1 atom stereocenters. The number of carbonyl (C=O) groups excluding carboxylic acids is 2. The number of nitrogens with zero attached hydrogens (tertiary/aromatic N) is 2. The number of amides is 2. The van der Waals surface area contributed by atoms with Crippen LogP contribution >= 0.6 is 0 Å². The van der Waals surface area contributed by atoms with Crippen LogP contribution in [0.4, 0.5) is 26.3 Å². The molecule has 2 aliphatic rings. The van der Waals surface area contributed by atoms with E-state index in [4.69, 9.17) is 0 Å². The monoisotopic (exact) mass is 555 g/mol. The van der Waals surface area contributed by atoms with E-state index in [1.54, 1.807) is 0 Å². The Bertz CT molecular complexity index is 1160. The van der Waals surface area contributed by atoms with E-state index in [0.29, 0.717) is 50.9 Å². The summed E-state index contributed by atoms with van der Waals surface area (Å²) in [6.07, 6.45) is -7.87. The molecule has 0 aromatic heterocycles. The number of benzene rings is 2. The number of halogens is 6. The molecule has 2 fully saturated rings. The first-order valence-corrected chi connectivity index (χ1v) is 12.8. The van der Waals surface area contributed by atoms with Gasteiger partial charge in [-0.2, -0.15) is 26.3 Å². The van der Waals surface area contributed by atoms with Gasteiger partial charge in [0.15, 0.2) is 0 Å². The first-order valence-electron chi connectivity index (χ1n) is 12.8. The Morgan fingerprint density at radius 2 is 1.51 bits per heavy atom. The van der Waals surface area contributed by atoms with Crippen molar-refractivity contribution >= 4 is 11.8 Å². The molecule has 1 N–H and O–H groups in total. The van der Waals surface area contributed by atoms with Gasteiger partial charge in [-0.25, -0.2) is 0 Å². The molecule has 39 heavy (non-hydrogen) atoms. The summed E-state index contributed by atoms with van der Waals surface area (Å²) in [5.74, 6) is -1.89. The molecule has 4 rings (SSSR count). The maximum Gasteiger partial charge on any atom is 0.416 e. The highest BCUT2D eigenvalue weighted by atomic mass is 19.4. The molecular formula is C28H31F6N3O2. The number of carbonyl (C=O) groups is 2. The van der Waals surface area contributed by atoms with E-state index in [9.17, 15) is 35.9 Å². The lowest BCUT2D eigenvalue weighted by Gasteiger charge is -2.46. The lowest BCUT2D eigenvalue weighted by Crippen LogP contribution is -2.56. The molecule has 0 radical (unpaired) electrons. The summed E-state index contributed by atoms with van der Waals surface area (Å²) in [6.45, 7) is 3.01. The van der Waals surface area contributed by atoms with Crippen LogP contribution in [0.1, 0.15) is 60.8 Å². The predicted molar refractivity (Wildman–Crippen MR) is 133 cm³/mol. The number of rotatable bonds is 5. The molecule has 11 heteroatoms. The fraction of sp³-hybridized carbons (Fsp3) is 0.500. The second kappa shape index (κ2) is 10.8. The third-order valence-corrected chi connectivity index (χ3v) is 7.89. The minimum atomic E-state index is -5.00. The van der Waals surface area contributed by atoms with Gasteiger partial charge < -0.3 is 10.2 Å². The average molecular weight is 556 g/mol. The van der Waals surface area contributed by atoms with E-state index in [-0.39, 0.29) is 23.6 Å². The van der Waals surface area contributed by atoms with E-state index in [2.05, 4.69) is 5.32 Å². The van der Waals surface area contributed by atoms with Crippen molar-refractivity contribution in [3.63, 3.8) is 0 Å². The van der Waals surface area contributed by atoms with Gasteiger partial charge in [-0.1, -0.05) is 30.3 Å². The van der Waals surface area contributed by atoms with Gasteiger partial charge in [-0.05, 0) is 69.0 Å². The van der Waals surface area contributed by atoms with Crippen molar-refractivity contribution in [1.82, 2.24) is 15.1 Å². The maximum atomic E-state index is 13.4. The number of hydrogen-bond donors (Lipinski definition) is 1. The molecule has 2 amide bonds. The number of alkyl halides is 6. The zero-order valence-electron chi connectivity index (χ0n) is 21.7. The third-order valence-electron chi connectivity index (χ3n) is 7.89. The zero-order chi connectivity index (χ0) is 28.6. The molecular weight excluding hydrogens is 524 g/mol. The number of nitrogens with one attached hydrogen (secondary N) is 1. The molecule has 1 saturated carbocycles. The van der Waals surface area contributed by atoms with Crippen molar-refractivity contribution in [3.05, 3.63) is 70.8 Å². The third kappa shape index (κ3) is 6.40. The number of hydrogen-bond acceptors (Lipinski definition) is 3. The lowest BCUT2D eigenvalue weighted by atomic mass is 9.74. The van der Waals surface area contributed by atoms with Crippen molar-refractivity contribution in [1.29, 1.82) is 0 Å². The van der Waals surface area contributed by atoms with Crippen molar-refractivity contribution in [2.75, 3.05) is 26.7 Å². The summed E-state index contributed by atoms with van der Waals surface area (Å²) in [7, 11) is 1.88. The summed E-state index contributed by atoms with van der Waals surface area (Å²) in [5, 5.41) is 2.99. The van der Waals surface area contributed by atoms with E-state index < -0.39 is 40.8 Å². The first-order chi connectivity index (χ1) is 18.2. The van der Waals surface area contributed by atoms with Crippen LogP contribution in [0.15, 0.2) is 48.5 Å². The van der Waals surface area contributed by atoms with E-state index in [1.807, 2.05) is 47.2 Å². The minimum Gasteiger partial charge on any atom is -0.346 e. The molecule has 1 aliphatic heterocycles. The van der Waals surface area contributed by atoms with Crippen molar-refractivity contribution in [3.8, 4) is 0 Å². The molecule has 0 unspecified atom stereocenters. The molecule has 1 heterocycles. The van der Waals surface area contributed by atoms with Crippen LogP contribution in [0.25, 0.3) is 0 Å². The van der Waals surface area contributed by atoms with Gasteiger partial charge >= 0.3 is 12.4 Å². The number of likely N-dealkylation sites (N-methyl/N-ethyl adjacent to an activating group) is 1. The van der Waals surface area contributed by atoms with Gasteiger partial charge in [-0.3, -0.25) is 14.5 Å². The van der Waals surface area contributed by atoms with Crippen LogP contribution in [0, 0.1) is 0 Å². The topological polar surface area (TPSA) is 52.7 Å². The molecule has 1 saturated heterocycles. The van der Waals surface area contributed by atoms with Crippen molar-refractivity contribution in [2.24, 2.45) is 0 Å². The second-order valence-electron chi connectivity index (χ2n) is 10.6. The Morgan fingerprint density at radius 1 is 0.949 bits per heavy atom. The van der Waals surface area contributed by atoms with Crippen LogP contribution in [0.5, 0.6) is 0 Å². The summed E-state index contributed by atoms with van der Waals surface area (Å²) >= 11 is 0. The highest BCUT2D eigenvalue weighted by Crippen LogP contribution is 2.41. The SMILES string of the molecule is C[C@H](C(=O)NC1(c2ccccc2)CCC(N2CCN(C)CC2=O)CC1)c1cc(C(F)(F)F)cc(C(F)(F)F)c1. The van der Waals surface area contributed by atoms with E-state index >= 15 is 0 Å². The summed E-state index contributed by atoms with van der Waals surface area (Å²) in [5.41, 5.74) is -3.35. The highest BCUT2D eigenvalue weighted by Gasteiger charge is 2.43. The molecule has 5 nitrogen and oxygen atoms in total. The summed E-state index contributed by atoms with van der Waals surface area (Å²) < 4.78 is 80.4. The first kappa shape index (κ1) is 28.9. The van der Waals surface area contributed by atoms with Gasteiger partial charge in [0.05, 0.1) is 29.1 Å². The largest absolute Gasteiger partial charge is 0.416 e. The normalized spacial score (nSPS) is 23.9. The van der Waals surface area contributed by atoms with Gasteiger partial charge in [0.2, 0.25) is 11.8 Å². The van der Waals surface area contributed by atoms with Gasteiger partial charge in [0, 0.05) is 19.1 Å². The molecule has 212 valence electrons. The molecule has 2 aromatic rings. The Hall–Kier alpha value is -3.08. The summed E-state index contributed by atoms with van der Waals surface area (Å²) in [4.78, 5) is 29.9. The van der Waals surface area contributed by atoms with Crippen molar-refractivity contribution in [2.45, 2.75) is 62.5 Å². The molecule has 1 aliphatic carbocycles. The Morgan fingerprint density at radius 3 is 2.03 bits per heavy atom. The fourth-order valence-electron chi connectivity index (χ4n) is 5.56. The number of piperazine rings is 1. The Labute approximate surface area is 223 Å². The van der Waals surface area contributed by atoms with Crippen molar-refractivity contribution < 1.29 is 35.9 Å². The quantitative estimate of drug-likeness (QED) is 0.492. The zero-order valence-corrected chi connectivity index (χ0v) is 21.7. The smallest absolute Gasteiger partial charge is 0.346 e. The standard InChI is InChI=1S/C28H31F6N3O2/c1-18(19-14-21(27(29,30)31)16-22(15-19)28(32,33)34)25(39)35-26(20-6-4-3-5-7-20)10-8-23(9-11-26)37-13-12-36(2)17-24(37)38/h3-7,14-16,18,23H,8-13,17H2,1-2H3,(H,35,39)/t18-,23?,26?/m0/s1. The Balaban J connectivity index is 1.59. The van der Waals surface area contributed by atoms with Gasteiger partial charge in [-0.15, -0.1) is 0 Å². The fourth-order valence-corrected chi connectivity index (χ4v) is 5.56. The van der Waals surface area contributed by atoms with Crippen LogP contribution in [0.2, 0.25) is 0 Å². The van der Waals surface area contributed by atoms with E-state index in [1.165, 1.54) is 6.92 Å². The van der Waals surface area contributed by atoms with Crippen LogP contribution < -0.4 is 5.32 Å². The highest BCUT2D eigenvalue weighted by molar-refractivity contribution is 5.84. The minimum absolute atomic E-state index is 0.00447. The van der Waals surface area contributed by atoms with E-state index in [0.717, 1.165) is 12.1 Å². The van der Waals surface area contributed by atoms with Crippen LogP contribution in [0.3, 0.4) is 0 Å². The van der Waals surface area contributed by atoms with Gasteiger partial charge in [0.1, 0.15) is 0 Å². The van der Waals surface area contributed by atoms with Gasteiger partial charge in [0.25, 0.3) is 0 Å². The Kier molecular flexibility index (Phi) is 8.03. The average Bonchev–Trinajstić information content (AvgIpc) is 2.88.